The number of likely N-dealkylation sites (N-methyl/N-ethyl adjacent to an activating group) is 1. The maximum atomic E-state index is 11.5. The molecule has 0 aromatic carbocycles. The van der Waals surface area contributed by atoms with Crippen molar-refractivity contribution in [3.63, 3.8) is 0 Å². The molecule has 0 saturated carbocycles. The van der Waals surface area contributed by atoms with E-state index in [0.29, 0.717) is 13.1 Å². The highest BCUT2D eigenvalue weighted by molar-refractivity contribution is 6.35. The molecule has 14 heavy (non-hydrogen) atoms. The number of piperazine rings is 1. The first-order valence-electron chi connectivity index (χ1n) is 4.57. The minimum atomic E-state index is -0.506. The summed E-state index contributed by atoms with van der Waals surface area (Å²) in [6.07, 6.45) is 1.04. The molecule has 0 N–H and O–H groups in total. The summed E-state index contributed by atoms with van der Waals surface area (Å²) < 4.78 is 0. The van der Waals surface area contributed by atoms with Crippen molar-refractivity contribution in [3.8, 4) is 0 Å². The highest BCUT2D eigenvalue weighted by Gasteiger charge is 2.34. The van der Waals surface area contributed by atoms with E-state index in [-0.39, 0.29) is 12.5 Å². The van der Waals surface area contributed by atoms with E-state index in [2.05, 4.69) is 0 Å². The zero-order valence-electron chi connectivity index (χ0n) is 8.40. The molecule has 1 fully saturated rings. The van der Waals surface area contributed by atoms with Gasteiger partial charge in [-0.1, -0.05) is 0 Å². The highest BCUT2D eigenvalue weighted by Crippen LogP contribution is 2.10. The van der Waals surface area contributed by atoms with Crippen LogP contribution in [0.1, 0.15) is 13.3 Å². The molecule has 1 heterocycles. The van der Waals surface area contributed by atoms with E-state index in [1.807, 2.05) is 6.92 Å². The number of carbonyl (C=O) groups excluding carboxylic acids is 3. The number of nitrogens with zero attached hydrogens (tertiary/aromatic N) is 2. The molecular formula is C9H14N2O3. The van der Waals surface area contributed by atoms with Gasteiger partial charge in [-0.25, -0.2) is 0 Å². The number of carbonyl (C=O) groups is 3. The number of rotatable bonds is 3. The molecule has 1 atom stereocenters. The van der Waals surface area contributed by atoms with Crippen LogP contribution < -0.4 is 0 Å². The van der Waals surface area contributed by atoms with Gasteiger partial charge in [0, 0.05) is 32.6 Å². The summed E-state index contributed by atoms with van der Waals surface area (Å²) in [4.78, 5) is 35.8. The van der Waals surface area contributed by atoms with Gasteiger partial charge < -0.3 is 14.6 Å². The number of aldehydes is 1. The zero-order valence-corrected chi connectivity index (χ0v) is 8.40. The molecule has 0 aromatic rings. The average Bonchev–Trinajstić information content (AvgIpc) is 2.14. The Bertz CT molecular complexity index is 265. The van der Waals surface area contributed by atoms with Crippen molar-refractivity contribution in [2.75, 3.05) is 20.1 Å². The SMILES string of the molecule is CC1CN(C)C(=O)C(=O)N1CCC=O. The number of hydrogen-bond acceptors (Lipinski definition) is 3. The van der Waals surface area contributed by atoms with E-state index in [1.54, 1.807) is 7.05 Å². The second-order valence-corrected chi connectivity index (χ2v) is 3.49. The van der Waals surface area contributed by atoms with Gasteiger partial charge in [-0.05, 0) is 6.92 Å². The lowest BCUT2D eigenvalue weighted by atomic mass is 10.2. The molecule has 0 spiro atoms. The average molecular weight is 198 g/mol. The largest absolute Gasteiger partial charge is 0.335 e. The van der Waals surface area contributed by atoms with Crippen LogP contribution in [-0.4, -0.2) is 54.1 Å². The second kappa shape index (κ2) is 4.21. The Hall–Kier alpha value is -1.39. The fourth-order valence-corrected chi connectivity index (χ4v) is 1.58. The Labute approximate surface area is 82.7 Å². The van der Waals surface area contributed by atoms with E-state index in [0.717, 1.165) is 6.29 Å². The molecule has 5 nitrogen and oxygen atoms in total. The van der Waals surface area contributed by atoms with Gasteiger partial charge in [0.05, 0.1) is 0 Å². The van der Waals surface area contributed by atoms with Gasteiger partial charge in [0.25, 0.3) is 0 Å². The van der Waals surface area contributed by atoms with Crippen LogP contribution in [0.5, 0.6) is 0 Å². The first-order chi connectivity index (χ1) is 6.57. The van der Waals surface area contributed by atoms with Gasteiger partial charge in [0.15, 0.2) is 0 Å². The van der Waals surface area contributed by atoms with Crippen LogP contribution in [0.2, 0.25) is 0 Å². The summed E-state index contributed by atoms with van der Waals surface area (Å²) in [5, 5.41) is 0. The predicted molar refractivity (Wildman–Crippen MR) is 49.5 cm³/mol. The van der Waals surface area contributed by atoms with Crippen molar-refractivity contribution < 1.29 is 14.4 Å². The summed E-state index contributed by atoms with van der Waals surface area (Å²) >= 11 is 0. The molecule has 0 aliphatic carbocycles. The maximum absolute atomic E-state index is 11.5. The molecular weight excluding hydrogens is 184 g/mol. The lowest BCUT2D eigenvalue weighted by molar-refractivity contribution is -0.157. The summed E-state index contributed by atoms with van der Waals surface area (Å²) in [5.74, 6) is -0.998. The fourth-order valence-electron chi connectivity index (χ4n) is 1.58. The Balaban J connectivity index is 2.69. The predicted octanol–water partition coefficient (Wildman–Crippen LogP) is -0.735. The van der Waals surface area contributed by atoms with E-state index in [9.17, 15) is 14.4 Å². The van der Waals surface area contributed by atoms with Crippen LogP contribution in [0.15, 0.2) is 0 Å². The van der Waals surface area contributed by atoms with Crippen molar-refractivity contribution in [1.82, 2.24) is 9.80 Å². The third-order valence-electron chi connectivity index (χ3n) is 2.35. The monoisotopic (exact) mass is 198 g/mol. The Kier molecular flexibility index (Phi) is 3.22. The van der Waals surface area contributed by atoms with Gasteiger partial charge in [0.2, 0.25) is 0 Å². The molecule has 1 rings (SSSR count). The Morgan fingerprint density at radius 3 is 2.64 bits per heavy atom. The van der Waals surface area contributed by atoms with Crippen LogP contribution in [0.25, 0.3) is 0 Å². The summed E-state index contributed by atoms with van der Waals surface area (Å²) in [6.45, 7) is 2.73. The van der Waals surface area contributed by atoms with Gasteiger partial charge >= 0.3 is 11.8 Å². The molecule has 1 unspecified atom stereocenters. The van der Waals surface area contributed by atoms with Gasteiger partial charge in [-0.3, -0.25) is 9.59 Å². The molecule has 78 valence electrons. The third kappa shape index (κ3) is 1.92. The van der Waals surface area contributed by atoms with E-state index in [1.165, 1.54) is 9.80 Å². The van der Waals surface area contributed by atoms with E-state index >= 15 is 0 Å². The molecule has 0 radical (unpaired) electrons. The lowest BCUT2D eigenvalue weighted by Gasteiger charge is -2.36. The van der Waals surface area contributed by atoms with Crippen LogP contribution >= 0.6 is 0 Å². The summed E-state index contributed by atoms with van der Waals surface area (Å²) in [6, 6.07) is -0.00912. The normalized spacial score (nSPS) is 22.9. The maximum Gasteiger partial charge on any atom is 0.312 e. The van der Waals surface area contributed by atoms with Crippen LogP contribution in [0.3, 0.4) is 0 Å². The molecule has 2 amide bonds. The number of hydrogen-bond donors (Lipinski definition) is 0. The minimum absolute atomic E-state index is 0.00912. The molecule has 0 aromatic heterocycles. The van der Waals surface area contributed by atoms with Crippen molar-refractivity contribution in [2.24, 2.45) is 0 Å². The van der Waals surface area contributed by atoms with Crippen molar-refractivity contribution >= 4 is 18.1 Å². The van der Waals surface area contributed by atoms with Crippen molar-refractivity contribution in [1.29, 1.82) is 0 Å². The van der Waals surface area contributed by atoms with Gasteiger partial charge in [0.1, 0.15) is 6.29 Å². The third-order valence-corrected chi connectivity index (χ3v) is 2.35. The van der Waals surface area contributed by atoms with Crippen LogP contribution in [-0.2, 0) is 14.4 Å². The molecule has 5 heteroatoms. The van der Waals surface area contributed by atoms with E-state index in [4.69, 9.17) is 0 Å². The van der Waals surface area contributed by atoms with E-state index < -0.39 is 11.8 Å². The number of amides is 2. The highest BCUT2D eigenvalue weighted by atomic mass is 16.2. The van der Waals surface area contributed by atoms with Gasteiger partial charge in [-0.15, -0.1) is 0 Å². The standard InChI is InChI=1S/C9H14N2O3/c1-7-6-10(2)8(13)9(14)11(7)4-3-5-12/h5,7H,3-4,6H2,1-2H3. The lowest BCUT2D eigenvalue weighted by Crippen LogP contribution is -2.57. The van der Waals surface area contributed by atoms with Crippen LogP contribution in [0.4, 0.5) is 0 Å². The topological polar surface area (TPSA) is 57.7 Å². The van der Waals surface area contributed by atoms with Crippen LogP contribution in [0, 0.1) is 0 Å². The molecule has 1 saturated heterocycles. The second-order valence-electron chi connectivity index (χ2n) is 3.49. The van der Waals surface area contributed by atoms with Gasteiger partial charge in [-0.2, -0.15) is 0 Å². The smallest absolute Gasteiger partial charge is 0.312 e. The molecule has 1 aliphatic rings. The summed E-state index contributed by atoms with van der Waals surface area (Å²) in [7, 11) is 1.60. The zero-order chi connectivity index (χ0) is 10.7. The minimum Gasteiger partial charge on any atom is -0.335 e. The molecule has 0 bridgehead atoms. The summed E-state index contributed by atoms with van der Waals surface area (Å²) in [5.41, 5.74) is 0. The van der Waals surface area contributed by atoms with Crippen molar-refractivity contribution in [3.05, 3.63) is 0 Å². The fraction of sp³-hybridized carbons (Fsp3) is 0.667. The first-order valence-corrected chi connectivity index (χ1v) is 4.57. The first kappa shape index (κ1) is 10.7. The van der Waals surface area contributed by atoms with Crippen molar-refractivity contribution in [2.45, 2.75) is 19.4 Å². The Morgan fingerprint density at radius 1 is 1.43 bits per heavy atom. The molecule has 1 aliphatic heterocycles. The quantitative estimate of drug-likeness (QED) is 0.443. The Morgan fingerprint density at radius 2 is 2.07 bits per heavy atom.